The molecule has 24 heavy (non-hydrogen) atoms. The van der Waals surface area contributed by atoms with Gasteiger partial charge in [-0.3, -0.25) is 10.1 Å². The Morgan fingerprint density at radius 1 is 1.21 bits per heavy atom. The summed E-state index contributed by atoms with van der Waals surface area (Å²) in [5.41, 5.74) is 0.912. The van der Waals surface area contributed by atoms with Crippen molar-refractivity contribution >= 4 is 23.3 Å². The highest BCUT2D eigenvalue weighted by Gasteiger charge is 2.20. The average Bonchev–Trinajstić information content (AvgIpc) is 3.06. The zero-order valence-electron chi connectivity index (χ0n) is 12.7. The standard InChI is InChI=1S/C17H13NO6/c1-22-17(19)13(8-12-4-2-3-5-14(12)18(20)21)11-6-7-15-16(9-11)24-10-23-15/h2-9H,10H2,1H3. The molecule has 0 spiro atoms. The first kappa shape index (κ1) is 15.5. The zero-order chi connectivity index (χ0) is 17.1. The third kappa shape index (κ3) is 2.91. The van der Waals surface area contributed by atoms with Crippen LogP contribution in [-0.4, -0.2) is 24.8 Å². The predicted molar refractivity (Wildman–Crippen MR) is 85.5 cm³/mol. The van der Waals surface area contributed by atoms with Crippen LogP contribution in [0.3, 0.4) is 0 Å². The summed E-state index contributed by atoms with van der Waals surface area (Å²) in [5, 5.41) is 11.2. The van der Waals surface area contributed by atoms with Gasteiger partial charge in [0.2, 0.25) is 6.79 Å². The number of rotatable bonds is 4. The van der Waals surface area contributed by atoms with E-state index in [0.717, 1.165) is 0 Å². The van der Waals surface area contributed by atoms with Gasteiger partial charge in [0, 0.05) is 6.07 Å². The topological polar surface area (TPSA) is 87.9 Å². The lowest BCUT2D eigenvalue weighted by Gasteiger charge is -2.07. The van der Waals surface area contributed by atoms with Crippen molar-refractivity contribution in [1.82, 2.24) is 0 Å². The van der Waals surface area contributed by atoms with Crippen LogP contribution in [0.25, 0.3) is 11.6 Å². The molecule has 0 saturated heterocycles. The van der Waals surface area contributed by atoms with Crippen LogP contribution in [0.1, 0.15) is 11.1 Å². The van der Waals surface area contributed by atoms with Crippen molar-refractivity contribution in [2.75, 3.05) is 13.9 Å². The van der Waals surface area contributed by atoms with E-state index in [1.54, 1.807) is 36.4 Å². The molecule has 122 valence electrons. The molecular weight excluding hydrogens is 314 g/mol. The summed E-state index contributed by atoms with van der Waals surface area (Å²) in [4.78, 5) is 22.8. The van der Waals surface area contributed by atoms with Crippen molar-refractivity contribution < 1.29 is 23.9 Å². The fourth-order valence-corrected chi connectivity index (χ4v) is 2.37. The van der Waals surface area contributed by atoms with Crippen molar-refractivity contribution in [3.63, 3.8) is 0 Å². The number of esters is 1. The van der Waals surface area contributed by atoms with Crippen LogP contribution in [0, 0.1) is 10.1 Å². The largest absolute Gasteiger partial charge is 0.465 e. The Morgan fingerprint density at radius 3 is 2.71 bits per heavy atom. The minimum absolute atomic E-state index is 0.0975. The van der Waals surface area contributed by atoms with Crippen LogP contribution in [0.5, 0.6) is 11.5 Å². The number of hydrogen-bond acceptors (Lipinski definition) is 6. The molecule has 1 aliphatic rings. The summed E-state index contributed by atoms with van der Waals surface area (Å²) in [6.07, 6.45) is 1.43. The number of nitro benzene ring substituents is 1. The molecule has 2 aromatic rings. The number of para-hydroxylation sites is 1. The number of methoxy groups -OCH3 is 1. The Bertz CT molecular complexity index is 843. The summed E-state index contributed by atoms with van der Waals surface area (Å²) < 4.78 is 15.4. The zero-order valence-corrected chi connectivity index (χ0v) is 12.7. The van der Waals surface area contributed by atoms with E-state index in [1.807, 2.05) is 0 Å². The van der Waals surface area contributed by atoms with Gasteiger partial charge >= 0.3 is 5.97 Å². The molecular formula is C17H13NO6. The Hall–Kier alpha value is -3.35. The van der Waals surface area contributed by atoms with Crippen LogP contribution in [0.2, 0.25) is 0 Å². The predicted octanol–water partition coefficient (Wildman–Crippen LogP) is 3.04. The van der Waals surface area contributed by atoms with E-state index < -0.39 is 10.9 Å². The Kier molecular flexibility index (Phi) is 4.15. The van der Waals surface area contributed by atoms with Crippen molar-refractivity contribution in [3.05, 3.63) is 63.7 Å². The van der Waals surface area contributed by atoms with Gasteiger partial charge in [-0.1, -0.05) is 18.2 Å². The molecule has 0 aliphatic carbocycles. The molecule has 0 saturated carbocycles. The number of carbonyl (C=O) groups excluding carboxylic acids is 1. The number of fused-ring (bicyclic) bond motifs is 1. The van der Waals surface area contributed by atoms with Crippen LogP contribution in [-0.2, 0) is 9.53 Å². The Morgan fingerprint density at radius 2 is 1.96 bits per heavy atom. The van der Waals surface area contributed by atoms with Gasteiger partial charge in [0.25, 0.3) is 5.69 Å². The fraction of sp³-hybridized carbons (Fsp3) is 0.118. The van der Waals surface area contributed by atoms with Gasteiger partial charge in [0.15, 0.2) is 11.5 Å². The van der Waals surface area contributed by atoms with E-state index in [0.29, 0.717) is 22.6 Å². The van der Waals surface area contributed by atoms with Crippen LogP contribution >= 0.6 is 0 Å². The highest BCUT2D eigenvalue weighted by molar-refractivity contribution is 6.22. The Balaban J connectivity index is 2.11. The fourth-order valence-electron chi connectivity index (χ4n) is 2.37. The smallest absolute Gasteiger partial charge is 0.338 e. The van der Waals surface area contributed by atoms with E-state index in [4.69, 9.17) is 14.2 Å². The van der Waals surface area contributed by atoms with Gasteiger partial charge < -0.3 is 14.2 Å². The number of ether oxygens (including phenoxy) is 3. The third-order valence-corrected chi connectivity index (χ3v) is 3.52. The van der Waals surface area contributed by atoms with Crippen LogP contribution in [0.15, 0.2) is 42.5 Å². The first-order chi connectivity index (χ1) is 11.6. The lowest BCUT2D eigenvalue weighted by molar-refractivity contribution is -0.385. The summed E-state index contributed by atoms with van der Waals surface area (Å²) in [5.74, 6) is 0.477. The molecule has 7 nitrogen and oxygen atoms in total. The maximum atomic E-state index is 12.2. The minimum Gasteiger partial charge on any atom is -0.465 e. The summed E-state index contributed by atoms with van der Waals surface area (Å²) in [6.45, 7) is 0.111. The highest BCUT2D eigenvalue weighted by atomic mass is 16.7. The lowest BCUT2D eigenvalue weighted by Crippen LogP contribution is -2.04. The molecule has 0 radical (unpaired) electrons. The van der Waals surface area contributed by atoms with Gasteiger partial charge in [-0.15, -0.1) is 0 Å². The monoisotopic (exact) mass is 327 g/mol. The number of benzene rings is 2. The summed E-state index contributed by atoms with van der Waals surface area (Å²) in [7, 11) is 1.25. The number of nitro groups is 1. The average molecular weight is 327 g/mol. The molecule has 0 aromatic heterocycles. The Labute approximate surface area is 137 Å². The molecule has 0 bridgehead atoms. The molecule has 0 atom stereocenters. The van der Waals surface area contributed by atoms with Gasteiger partial charge in [0.1, 0.15) is 0 Å². The molecule has 1 aliphatic heterocycles. The SMILES string of the molecule is COC(=O)C(=Cc1ccccc1[N+](=O)[O-])c1ccc2c(c1)OCO2. The van der Waals surface area contributed by atoms with Crippen molar-refractivity contribution in [2.24, 2.45) is 0 Å². The van der Waals surface area contributed by atoms with Gasteiger partial charge in [0.05, 0.1) is 23.2 Å². The van der Waals surface area contributed by atoms with E-state index in [-0.39, 0.29) is 18.1 Å². The van der Waals surface area contributed by atoms with E-state index in [1.165, 1.54) is 19.3 Å². The summed E-state index contributed by atoms with van der Waals surface area (Å²) >= 11 is 0. The number of hydrogen-bond donors (Lipinski definition) is 0. The highest BCUT2D eigenvalue weighted by Crippen LogP contribution is 2.35. The number of nitrogens with zero attached hydrogens (tertiary/aromatic N) is 1. The van der Waals surface area contributed by atoms with Gasteiger partial charge in [-0.2, -0.15) is 0 Å². The van der Waals surface area contributed by atoms with E-state index in [2.05, 4.69) is 0 Å². The molecule has 1 heterocycles. The van der Waals surface area contributed by atoms with Crippen molar-refractivity contribution in [3.8, 4) is 11.5 Å². The quantitative estimate of drug-likeness (QED) is 0.282. The second-order valence-corrected chi connectivity index (χ2v) is 4.93. The molecule has 0 unspecified atom stereocenters. The van der Waals surface area contributed by atoms with Gasteiger partial charge in [-0.25, -0.2) is 4.79 Å². The maximum Gasteiger partial charge on any atom is 0.338 e. The van der Waals surface area contributed by atoms with Crippen LogP contribution in [0.4, 0.5) is 5.69 Å². The molecule has 7 heteroatoms. The first-order valence-corrected chi connectivity index (χ1v) is 7.03. The normalized spacial score (nSPS) is 12.8. The van der Waals surface area contributed by atoms with Crippen LogP contribution < -0.4 is 9.47 Å². The molecule has 0 amide bonds. The lowest BCUT2D eigenvalue weighted by atomic mass is 10.0. The second-order valence-electron chi connectivity index (χ2n) is 4.93. The van der Waals surface area contributed by atoms with E-state index in [9.17, 15) is 14.9 Å². The van der Waals surface area contributed by atoms with Gasteiger partial charge in [-0.05, 0) is 29.8 Å². The minimum atomic E-state index is -0.605. The second kappa shape index (κ2) is 6.41. The van der Waals surface area contributed by atoms with E-state index >= 15 is 0 Å². The molecule has 0 fully saturated rings. The molecule has 0 N–H and O–H groups in total. The third-order valence-electron chi connectivity index (χ3n) is 3.52. The molecule has 3 rings (SSSR count). The van der Waals surface area contributed by atoms with Crippen molar-refractivity contribution in [2.45, 2.75) is 0 Å². The number of carbonyl (C=O) groups is 1. The maximum absolute atomic E-state index is 12.2. The van der Waals surface area contributed by atoms with Crippen molar-refractivity contribution in [1.29, 1.82) is 0 Å². The molecule has 2 aromatic carbocycles. The first-order valence-electron chi connectivity index (χ1n) is 7.03. The summed E-state index contributed by atoms with van der Waals surface area (Å²) in [6, 6.07) is 11.1.